The second-order valence-corrected chi connectivity index (χ2v) is 4.20. The van der Waals surface area contributed by atoms with Gasteiger partial charge in [0.15, 0.2) is 0 Å². The van der Waals surface area contributed by atoms with E-state index in [1.54, 1.807) is 6.07 Å². The Kier molecular flexibility index (Phi) is 6.00. The van der Waals surface area contributed by atoms with Gasteiger partial charge in [-0.3, -0.25) is 0 Å². The minimum Gasteiger partial charge on any atom is -0.492 e. The van der Waals surface area contributed by atoms with Crippen LogP contribution in [0.2, 0.25) is 0 Å². The first-order valence-electron chi connectivity index (χ1n) is 5.38. The molecule has 0 fully saturated rings. The van der Waals surface area contributed by atoms with Crippen LogP contribution >= 0.6 is 15.9 Å². The highest BCUT2D eigenvalue weighted by atomic mass is 79.9. The maximum Gasteiger partial charge on any atom is 0.335 e. The van der Waals surface area contributed by atoms with E-state index in [0.717, 1.165) is 6.42 Å². The maximum absolute atomic E-state index is 10.7. The van der Waals surface area contributed by atoms with Crippen LogP contribution in [-0.2, 0) is 4.74 Å². The van der Waals surface area contributed by atoms with Crippen LogP contribution in [0.1, 0.15) is 23.7 Å². The van der Waals surface area contributed by atoms with E-state index in [4.69, 9.17) is 14.6 Å². The molecule has 0 aliphatic rings. The summed E-state index contributed by atoms with van der Waals surface area (Å²) in [6.07, 6.45) is 0.807. The molecule has 17 heavy (non-hydrogen) atoms. The number of hydrogen-bond donors (Lipinski definition) is 1. The van der Waals surface area contributed by atoms with E-state index in [0.29, 0.717) is 30.0 Å². The first-order valence-corrected chi connectivity index (χ1v) is 6.18. The number of benzene rings is 1. The molecular formula is C12H15BrO4. The van der Waals surface area contributed by atoms with Gasteiger partial charge in [-0.25, -0.2) is 4.79 Å². The van der Waals surface area contributed by atoms with Gasteiger partial charge in [0.1, 0.15) is 5.75 Å². The van der Waals surface area contributed by atoms with Gasteiger partial charge >= 0.3 is 5.97 Å². The van der Waals surface area contributed by atoms with Gasteiger partial charge in [-0.2, -0.15) is 0 Å². The standard InChI is InChI=1S/C12H15BrO4/c1-2-16-6-3-7-17-11-5-4-9(12(14)15)8-10(11)13/h4-5,8H,2-3,6-7H2,1H3,(H,14,15). The third kappa shape index (κ3) is 4.75. The van der Waals surface area contributed by atoms with E-state index in [1.807, 2.05) is 6.92 Å². The zero-order valence-corrected chi connectivity index (χ0v) is 11.2. The number of carboxylic acid groups (broad SMARTS) is 1. The molecule has 0 unspecified atom stereocenters. The van der Waals surface area contributed by atoms with Gasteiger partial charge in [-0.1, -0.05) is 0 Å². The van der Waals surface area contributed by atoms with E-state index in [9.17, 15) is 4.79 Å². The maximum atomic E-state index is 10.7. The van der Waals surface area contributed by atoms with Crippen molar-refractivity contribution in [1.82, 2.24) is 0 Å². The molecule has 0 saturated carbocycles. The fourth-order valence-electron chi connectivity index (χ4n) is 1.24. The summed E-state index contributed by atoms with van der Waals surface area (Å²) in [6, 6.07) is 4.69. The van der Waals surface area contributed by atoms with Gasteiger partial charge in [0.25, 0.3) is 0 Å². The fourth-order valence-corrected chi connectivity index (χ4v) is 1.73. The minimum atomic E-state index is -0.950. The Hall–Kier alpha value is -1.07. The smallest absolute Gasteiger partial charge is 0.335 e. The highest BCUT2D eigenvalue weighted by Gasteiger charge is 2.07. The van der Waals surface area contributed by atoms with Crippen molar-refractivity contribution in [2.45, 2.75) is 13.3 Å². The van der Waals surface area contributed by atoms with Crippen LogP contribution in [0.3, 0.4) is 0 Å². The Labute approximate surface area is 109 Å². The zero-order chi connectivity index (χ0) is 12.7. The molecule has 1 aromatic carbocycles. The lowest BCUT2D eigenvalue weighted by molar-refractivity contribution is 0.0697. The van der Waals surface area contributed by atoms with Crippen molar-refractivity contribution in [2.75, 3.05) is 19.8 Å². The monoisotopic (exact) mass is 302 g/mol. The Morgan fingerprint density at radius 2 is 2.18 bits per heavy atom. The van der Waals surface area contributed by atoms with Gasteiger partial charge in [0.05, 0.1) is 16.6 Å². The van der Waals surface area contributed by atoms with Gasteiger partial charge in [0.2, 0.25) is 0 Å². The molecule has 0 radical (unpaired) electrons. The van der Waals surface area contributed by atoms with E-state index in [-0.39, 0.29) is 5.56 Å². The zero-order valence-electron chi connectivity index (χ0n) is 9.61. The van der Waals surface area contributed by atoms with E-state index in [2.05, 4.69) is 15.9 Å². The number of carboxylic acids is 1. The SMILES string of the molecule is CCOCCCOc1ccc(C(=O)O)cc1Br. The highest BCUT2D eigenvalue weighted by Crippen LogP contribution is 2.26. The van der Waals surface area contributed by atoms with Crippen molar-refractivity contribution in [3.05, 3.63) is 28.2 Å². The molecule has 94 valence electrons. The van der Waals surface area contributed by atoms with Crippen LogP contribution in [0.15, 0.2) is 22.7 Å². The third-order valence-electron chi connectivity index (χ3n) is 2.07. The van der Waals surface area contributed by atoms with Gasteiger partial charge in [-0.15, -0.1) is 0 Å². The average Bonchev–Trinajstić information content (AvgIpc) is 2.30. The molecule has 5 heteroatoms. The van der Waals surface area contributed by atoms with Crippen molar-refractivity contribution in [1.29, 1.82) is 0 Å². The molecule has 0 amide bonds. The summed E-state index contributed by atoms with van der Waals surface area (Å²) >= 11 is 3.28. The van der Waals surface area contributed by atoms with Gasteiger partial charge < -0.3 is 14.6 Å². The molecule has 1 aromatic rings. The molecule has 0 saturated heterocycles. The minimum absolute atomic E-state index is 0.235. The molecule has 0 aromatic heterocycles. The molecule has 0 heterocycles. The summed E-state index contributed by atoms with van der Waals surface area (Å²) in [6.45, 7) is 3.87. The van der Waals surface area contributed by atoms with E-state index < -0.39 is 5.97 Å². The Bertz CT molecular complexity index is 379. The molecule has 0 atom stereocenters. The highest BCUT2D eigenvalue weighted by molar-refractivity contribution is 9.10. The second kappa shape index (κ2) is 7.29. The molecule has 0 bridgehead atoms. The third-order valence-corrected chi connectivity index (χ3v) is 2.69. The number of hydrogen-bond acceptors (Lipinski definition) is 3. The topological polar surface area (TPSA) is 55.8 Å². The van der Waals surface area contributed by atoms with Crippen molar-refractivity contribution < 1.29 is 19.4 Å². The summed E-state index contributed by atoms with van der Waals surface area (Å²) in [5.74, 6) is -0.305. The van der Waals surface area contributed by atoms with Crippen LogP contribution in [0.4, 0.5) is 0 Å². The van der Waals surface area contributed by atoms with Crippen LogP contribution in [0.5, 0.6) is 5.75 Å². The first kappa shape index (κ1) is 14.0. The van der Waals surface area contributed by atoms with Crippen molar-refractivity contribution >= 4 is 21.9 Å². The summed E-state index contributed by atoms with van der Waals surface area (Å²) in [5.41, 5.74) is 0.235. The van der Waals surface area contributed by atoms with Crippen molar-refractivity contribution in [3.63, 3.8) is 0 Å². The summed E-state index contributed by atoms with van der Waals surface area (Å²) < 4.78 is 11.3. The lowest BCUT2D eigenvalue weighted by atomic mass is 10.2. The number of halogens is 1. The molecule has 0 aliphatic carbocycles. The van der Waals surface area contributed by atoms with Crippen LogP contribution in [-0.4, -0.2) is 30.9 Å². The van der Waals surface area contributed by atoms with Crippen molar-refractivity contribution in [3.8, 4) is 5.75 Å². The fraction of sp³-hybridized carbons (Fsp3) is 0.417. The van der Waals surface area contributed by atoms with Crippen LogP contribution < -0.4 is 4.74 Å². The Balaban J connectivity index is 2.46. The van der Waals surface area contributed by atoms with E-state index >= 15 is 0 Å². The summed E-state index contributed by atoms with van der Waals surface area (Å²) in [5, 5.41) is 8.80. The molecule has 4 nitrogen and oxygen atoms in total. The molecule has 0 spiro atoms. The lowest BCUT2D eigenvalue weighted by Gasteiger charge is -2.08. The van der Waals surface area contributed by atoms with Crippen LogP contribution in [0, 0.1) is 0 Å². The number of rotatable bonds is 7. The lowest BCUT2D eigenvalue weighted by Crippen LogP contribution is -2.04. The Morgan fingerprint density at radius 1 is 1.41 bits per heavy atom. The van der Waals surface area contributed by atoms with Crippen molar-refractivity contribution in [2.24, 2.45) is 0 Å². The quantitative estimate of drug-likeness (QED) is 0.787. The van der Waals surface area contributed by atoms with Crippen LogP contribution in [0.25, 0.3) is 0 Å². The van der Waals surface area contributed by atoms with E-state index in [1.165, 1.54) is 12.1 Å². The summed E-state index contributed by atoms with van der Waals surface area (Å²) in [4.78, 5) is 10.7. The number of aromatic carboxylic acids is 1. The largest absolute Gasteiger partial charge is 0.492 e. The van der Waals surface area contributed by atoms with Gasteiger partial charge in [0, 0.05) is 19.6 Å². The normalized spacial score (nSPS) is 10.2. The molecule has 1 N–H and O–H groups in total. The average molecular weight is 303 g/mol. The Morgan fingerprint density at radius 3 is 2.76 bits per heavy atom. The number of ether oxygens (including phenoxy) is 2. The molecule has 1 rings (SSSR count). The predicted octanol–water partition coefficient (Wildman–Crippen LogP) is 2.95. The predicted molar refractivity (Wildman–Crippen MR) is 67.7 cm³/mol. The van der Waals surface area contributed by atoms with Gasteiger partial charge in [-0.05, 0) is 41.1 Å². The second-order valence-electron chi connectivity index (χ2n) is 3.35. The molecular weight excluding hydrogens is 288 g/mol. The summed E-state index contributed by atoms with van der Waals surface area (Å²) in [7, 11) is 0. The molecule has 0 aliphatic heterocycles. The number of carbonyl (C=O) groups is 1. The first-order chi connectivity index (χ1) is 8.15.